The molecule has 118 valence electrons. The summed E-state index contributed by atoms with van der Waals surface area (Å²) in [5, 5.41) is 5.39. The van der Waals surface area contributed by atoms with Crippen LogP contribution in [0.15, 0.2) is 42.5 Å². The molecule has 0 atom stereocenters. The van der Waals surface area contributed by atoms with Gasteiger partial charge >= 0.3 is 0 Å². The molecule has 1 saturated carbocycles. The van der Waals surface area contributed by atoms with Crippen LogP contribution >= 0.6 is 11.6 Å². The lowest BCUT2D eigenvalue weighted by Crippen LogP contribution is -2.14. The Labute approximate surface area is 137 Å². The van der Waals surface area contributed by atoms with Gasteiger partial charge in [-0.05, 0) is 55.3 Å². The quantitative estimate of drug-likeness (QED) is 0.886. The first kappa shape index (κ1) is 15.5. The Morgan fingerprint density at radius 3 is 2.26 bits per heavy atom. The number of anilines is 2. The minimum absolute atomic E-state index is 0.00115. The number of amides is 2. The fourth-order valence-corrected chi connectivity index (χ4v) is 2.19. The van der Waals surface area contributed by atoms with Gasteiger partial charge in [0.1, 0.15) is 5.82 Å². The number of hydrogen-bond acceptors (Lipinski definition) is 2. The van der Waals surface area contributed by atoms with Crippen molar-refractivity contribution < 1.29 is 14.0 Å². The number of carbonyl (C=O) groups is 2. The number of benzene rings is 2. The van der Waals surface area contributed by atoms with Crippen LogP contribution in [0.4, 0.5) is 15.8 Å². The van der Waals surface area contributed by atoms with Crippen molar-refractivity contribution in [2.75, 3.05) is 10.6 Å². The Kier molecular flexibility index (Phi) is 4.30. The molecule has 0 aliphatic heterocycles. The third-order valence-corrected chi connectivity index (χ3v) is 3.85. The van der Waals surface area contributed by atoms with Crippen LogP contribution in [0.1, 0.15) is 23.2 Å². The highest BCUT2D eigenvalue weighted by Gasteiger charge is 2.29. The van der Waals surface area contributed by atoms with Crippen molar-refractivity contribution in [1.82, 2.24) is 0 Å². The first-order chi connectivity index (χ1) is 11.0. The fourth-order valence-electron chi connectivity index (χ4n) is 2.07. The predicted octanol–water partition coefficient (Wildman–Crippen LogP) is 4.08. The monoisotopic (exact) mass is 332 g/mol. The van der Waals surface area contributed by atoms with E-state index in [2.05, 4.69) is 10.6 Å². The molecule has 2 N–H and O–H groups in total. The van der Waals surface area contributed by atoms with E-state index in [-0.39, 0.29) is 22.8 Å². The first-order valence-corrected chi connectivity index (χ1v) is 7.58. The number of carbonyl (C=O) groups excluding carboxylic acids is 2. The maximum absolute atomic E-state index is 13.4. The van der Waals surface area contributed by atoms with Crippen LogP contribution in [0, 0.1) is 11.7 Å². The lowest BCUT2D eigenvalue weighted by molar-refractivity contribution is -0.117. The lowest BCUT2D eigenvalue weighted by atomic mass is 10.2. The van der Waals surface area contributed by atoms with Crippen molar-refractivity contribution in [2.24, 2.45) is 5.92 Å². The molecular weight excluding hydrogens is 319 g/mol. The Bertz CT molecular complexity index is 758. The van der Waals surface area contributed by atoms with Crippen LogP contribution in [0.25, 0.3) is 0 Å². The normalized spacial score (nSPS) is 13.5. The topological polar surface area (TPSA) is 58.2 Å². The van der Waals surface area contributed by atoms with Crippen LogP contribution in [0.5, 0.6) is 0 Å². The molecule has 0 heterocycles. The molecule has 2 aromatic carbocycles. The van der Waals surface area contributed by atoms with Gasteiger partial charge in [0.05, 0.1) is 5.02 Å². The molecule has 0 radical (unpaired) electrons. The molecule has 0 spiro atoms. The Morgan fingerprint density at radius 2 is 1.65 bits per heavy atom. The van der Waals surface area contributed by atoms with Gasteiger partial charge in [-0.2, -0.15) is 0 Å². The average Bonchev–Trinajstić information content (AvgIpc) is 3.36. The third kappa shape index (κ3) is 3.87. The highest BCUT2D eigenvalue weighted by atomic mass is 35.5. The van der Waals surface area contributed by atoms with E-state index in [4.69, 9.17) is 11.6 Å². The molecule has 6 heteroatoms. The van der Waals surface area contributed by atoms with Crippen molar-refractivity contribution in [3.63, 3.8) is 0 Å². The SMILES string of the molecule is O=C(Nc1ccc(Cl)c(F)c1)c1ccc(NC(=O)C2CC2)cc1. The van der Waals surface area contributed by atoms with Gasteiger partial charge in [-0.15, -0.1) is 0 Å². The predicted molar refractivity (Wildman–Crippen MR) is 87.2 cm³/mol. The Balaban J connectivity index is 1.64. The summed E-state index contributed by atoms with van der Waals surface area (Å²) in [6.45, 7) is 0. The van der Waals surface area contributed by atoms with Gasteiger partial charge in [0, 0.05) is 22.9 Å². The van der Waals surface area contributed by atoms with E-state index >= 15 is 0 Å². The van der Waals surface area contributed by atoms with Crippen molar-refractivity contribution >= 4 is 34.8 Å². The van der Waals surface area contributed by atoms with Gasteiger partial charge in [0.15, 0.2) is 0 Å². The summed E-state index contributed by atoms with van der Waals surface area (Å²) in [4.78, 5) is 23.8. The number of hydrogen-bond donors (Lipinski definition) is 2. The molecule has 1 fully saturated rings. The largest absolute Gasteiger partial charge is 0.326 e. The summed E-state index contributed by atoms with van der Waals surface area (Å²) < 4.78 is 13.4. The molecular formula is C17H14ClFN2O2. The zero-order valence-electron chi connectivity index (χ0n) is 12.1. The maximum Gasteiger partial charge on any atom is 0.255 e. The van der Waals surface area contributed by atoms with Gasteiger partial charge in [0.25, 0.3) is 5.91 Å². The van der Waals surface area contributed by atoms with Crippen molar-refractivity contribution in [3.8, 4) is 0 Å². The van der Waals surface area contributed by atoms with E-state index in [1.54, 1.807) is 24.3 Å². The molecule has 1 aliphatic carbocycles. The minimum Gasteiger partial charge on any atom is -0.326 e. The Hall–Kier alpha value is -2.40. The molecule has 2 amide bonds. The molecule has 2 aromatic rings. The molecule has 4 nitrogen and oxygen atoms in total. The van der Waals surface area contributed by atoms with Crippen molar-refractivity contribution in [3.05, 3.63) is 58.9 Å². The van der Waals surface area contributed by atoms with E-state index in [1.807, 2.05) is 0 Å². The molecule has 1 aliphatic rings. The molecule has 3 rings (SSSR count). The summed E-state index contributed by atoms with van der Waals surface area (Å²) >= 11 is 5.60. The van der Waals surface area contributed by atoms with Gasteiger partial charge in [0.2, 0.25) is 5.91 Å². The minimum atomic E-state index is -0.595. The highest BCUT2D eigenvalue weighted by molar-refractivity contribution is 6.30. The average molecular weight is 333 g/mol. The van der Waals surface area contributed by atoms with Crippen LogP contribution < -0.4 is 10.6 Å². The van der Waals surface area contributed by atoms with Gasteiger partial charge in [-0.1, -0.05) is 11.6 Å². The highest BCUT2D eigenvalue weighted by Crippen LogP contribution is 2.30. The maximum atomic E-state index is 13.4. The fraction of sp³-hybridized carbons (Fsp3) is 0.176. The lowest BCUT2D eigenvalue weighted by Gasteiger charge is -2.08. The standard InChI is InChI=1S/C17H14ClFN2O2/c18-14-8-7-13(9-15(14)19)21-17(23)11-3-5-12(6-4-11)20-16(22)10-1-2-10/h3-10H,1-2H2,(H,20,22)(H,21,23). The summed E-state index contributed by atoms with van der Waals surface area (Å²) in [6.07, 6.45) is 1.87. The van der Waals surface area contributed by atoms with Crippen LogP contribution in [0.2, 0.25) is 5.02 Å². The smallest absolute Gasteiger partial charge is 0.255 e. The zero-order chi connectivity index (χ0) is 16.4. The van der Waals surface area contributed by atoms with Crippen molar-refractivity contribution in [1.29, 1.82) is 0 Å². The molecule has 23 heavy (non-hydrogen) atoms. The summed E-state index contributed by atoms with van der Waals surface area (Å²) in [5.41, 5.74) is 1.38. The number of nitrogens with one attached hydrogen (secondary N) is 2. The van der Waals surface area contributed by atoms with Crippen LogP contribution in [0.3, 0.4) is 0 Å². The van der Waals surface area contributed by atoms with Crippen LogP contribution in [-0.2, 0) is 4.79 Å². The van der Waals surface area contributed by atoms with E-state index in [0.29, 0.717) is 16.9 Å². The zero-order valence-corrected chi connectivity index (χ0v) is 12.9. The van der Waals surface area contributed by atoms with E-state index in [9.17, 15) is 14.0 Å². The Morgan fingerprint density at radius 1 is 1.00 bits per heavy atom. The third-order valence-electron chi connectivity index (χ3n) is 3.54. The molecule has 0 bridgehead atoms. The van der Waals surface area contributed by atoms with Gasteiger partial charge in [-0.25, -0.2) is 4.39 Å². The molecule has 0 saturated heterocycles. The number of halogens is 2. The van der Waals surface area contributed by atoms with Gasteiger partial charge in [-0.3, -0.25) is 9.59 Å². The second-order valence-electron chi connectivity index (χ2n) is 5.42. The second kappa shape index (κ2) is 6.38. The van der Waals surface area contributed by atoms with Crippen LogP contribution in [-0.4, -0.2) is 11.8 Å². The number of rotatable bonds is 4. The van der Waals surface area contributed by atoms with Gasteiger partial charge < -0.3 is 10.6 Å². The summed E-state index contributed by atoms with van der Waals surface area (Å²) in [5.74, 6) is -0.828. The summed E-state index contributed by atoms with van der Waals surface area (Å²) in [7, 11) is 0. The van der Waals surface area contributed by atoms with E-state index in [1.165, 1.54) is 12.1 Å². The van der Waals surface area contributed by atoms with E-state index < -0.39 is 5.82 Å². The molecule has 0 aromatic heterocycles. The first-order valence-electron chi connectivity index (χ1n) is 7.20. The van der Waals surface area contributed by atoms with E-state index in [0.717, 1.165) is 18.9 Å². The molecule has 0 unspecified atom stereocenters. The second-order valence-corrected chi connectivity index (χ2v) is 5.83. The van der Waals surface area contributed by atoms with Crippen molar-refractivity contribution in [2.45, 2.75) is 12.8 Å². The summed E-state index contributed by atoms with van der Waals surface area (Å²) in [6, 6.07) is 10.6.